The molecule has 5 rings (SSSR count). The summed E-state index contributed by atoms with van der Waals surface area (Å²) in [6, 6.07) is 12.7. The molecular weight excluding hydrogens is 338 g/mol. The van der Waals surface area contributed by atoms with Crippen LogP contribution in [0.5, 0.6) is 5.88 Å². The molecule has 0 unspecified atom stereocenters. The Balaban J connectivity index is 0.000000872. The van der Waals surface area contributed by atoms with Crippen LogP contribution in [0.1, 0.15) is 19.3 Å². The van der Waals surface area contributed by atoms with E-state index in [1.165, 1.54) is 28.2 Å². The summed E-state index contributed by atoms with van der Waals surface area (Å²) < 4.78 is 8.07. The standard InChI is InChI=1S/C21H19N3O.CH4O/c1-24-19-9-10-22-13-18(19)17-7-5-14(11-20(17)24)15-6-8-21(23-12-15)25-16-3-2-4-16;1-2/h5-13,16H,2-4H2,1H3;2H,1H3. The van der Waals surface area contributed by atoms with Crippen LogP contribution in [0.15, 0.2) is 55.0 Å². The van der Waals surface area contributed by atoms with E-state index in [-0.39, 0.29) is 0 Å². The molecule has 5 heteroatoms. The lowest BCUT2D eigenvalue weighted by Gasteiger charge is -2.25. The molecule has 3 heterocycles. The number of aliphatic hydroxyl groups excluding tert-OH is 1. The van der Waals surface area contributed by atoms with E-state index in [0.717, 1.165) is 37.0 Å². The molecular formula is C22H23N3O2. The normalized spacial score (nSPS) is 13.9. The summed E-state index contributed by atoms with van der Waals surface area (Å²) in [4.78, 5) is 8.75. The Hall–Kier alpha value is -2.92. The first-order valence-corrected chi connectivity index (χ1v) is 9.19. The van der Waals surface area contributed by atoms with Gasteiger partial charge in [0.15, 0.2) is 0 Å². The first kappa shape index (κ1) is 17.5. The zero-order valence-electron chi connectivity index (χ0n) is 15.6. The van der Waals surface area contributed by atoms with Crippen LogP contribution in [-0.2, 0) is 7.05 Å². The van der Waals surface area contributed by atoms with Gasteiger partial charge in [0.1, 0.15) is 6.10 Å². The van der Waals surface area contributed by atoms with Gasteiger partial charge in [0.05, 0.1) is 5.52 Å². The molecule has 1 N–H and O–H groups in total. The molecule has 0 aliphatic heterocycles. The van der Waals surface area contributed by atoms with Crippen molar-refractivity contribution in [1.82, 2.24) is 14.5 Å². The summed E-state index contributed by atoms with van der Waals surface area (Å²) in [7, 11) is 3.10. The molecule has 1 aliphatic carbocycles. The monoisotopic (exact) mass is 361 g/mol. The number of aromatic nitrogens is 3. The van der Waals surface area contributed by atoms with Gasteiger partial charge >= 0.3 is 0 Å². The van der Waals surface area contributed by atoms with Crippen molar-refractivity contribution in [3.8, 4) is 17.0 Å². The van der Waals surface area contributed by atoms with Gasteiger partial charge in [-0.1, -0.05) is 12.1 Å². The average molecular weight is 361 g/mol. The summed E-state index contributed by atoms with van der Waals surface area (Å²) in [5.41, 5.74) is 4.67. The Morgan fingerprint density at radius 1 is 0.963 bits per heavy atom. The molecule has 1 saturated carbocycles. The Morgan fingerprint density at radius 3 is 2.48 bits per heavy atom. The second-order valence-electron chi connectivity index (χ2n) is 6.74. The average Bonchev–Trinajstić information content (AvgIpc) is 2.99. The maximum Gasteiger partial charge on any atom is 0.213 e. The number of ether oxygens (including phenoxy) is 1. The highest BCUT2D eigenvalue weighted by Crippen LogP contribution is 2.31. The number of aryl methyl sites for hydroxylation is 1. The molecule has 0 radical (unpaired) electrons. The molecule has 5 nitrogen and oxygen atoms in total. The molecule has 1 fully saturated rings. The van der Waals surface area contributed by atoms with E-state index in [9.17, 15) is 0 Å². The number of benzene rings is 1. The Labute approximate surface area is 158 Å². The van der Waals surface area contributed by atoms with Gasteiger partial charge in [-0.05, 0) is 43.0 Å². The highest BCUT2D eigenvalue weighted by molar-refractivity contribution is 6.08. The van der Waals surface area contributed by atoms with Gasteiger partial charge in [0.25, 0.3) is 0 Å². The number of rotatable bonds is 3. The van der Waals surface area contributed by atoms with Gasteiger partial charge in [-0.2, -0.15) is 0 Å². The Kier molecular flexibility index (Phi) is 4.77. The molecule has 0 saturated heterocycles. The van der Waals surface area contributed by atoms with E-state index in [2.05, 4.69) is 51.9 Å². The largest absolute Gasteiger partial charge is 0.474 e. The predicted molar refractivity (Wildman–Crippen MR) is 108 cm³/mol. The highest BCUT2D eigenvalue weighted by Gasteiger charge is 2.19. The van der Waals surface area contributed by atoms with E-state index < -0.39 is 0 Å². The van der Waals surface area contributed by atoms with Crippen LogP contribution < -0.4 is 4.74 Å². The third kappa shape index (κ3) is 3.15. The third-order valence-corrected chi connectivity index (χ3v) is 5.22. The van der Waals surface area contributed by atoms with Crippen molar-refractivity contribution in [2.45, 2.75) is 25.4 Å². The SMILES string of the molecule is CO.Cn1c2ccncc2c2ccc(-c3ccc(OC4CCC4)nc3)cc21. The molecule has 0 spiro atoms. The lowest BCUT2D eigenvalue weighted by atomic mass is 9.96. The van der Waals surface area contributed by atoms with Crippen LogP contribution in [0, 0.1) is 0 Å². The van der Waals surface area contributed by atoms with Crippen LogP contribution in [0.2, 0.25) is 0 Å². The minimum absolute atomic E-state index is 0.360. The fourth-order valence-electron chi connectivity index (χ4n) is 3.51. The van der Waals surface area contributed by atoms with E-state index in [0.29, 0.717) is 6.10 Å². The lowest BCUT2D eigenvalue weighted by Crippen LogP contribution is -2.24. The van der Waals surface area contributed by atoms with Crippen LogP contribution in [0.4, 0.5) is 0 Å². The summed E-state index contributed by atoms with van der Waals surface area (Å²) in [5.74, 6) is 0.727. The topological polar surface area (TPSA) is 60.2 Å². The number of pyridine rings is 2. The van der Waals surface area contributed by atoms with Gasteiger partial charge in [-0.15, -0.1) is 0 Å². The molecule has 0 atom stereocenters. The maximum absolute atomic E-state index is 7.00. The van der Waals surface area contributed by atoms with Crippen molar-refractivity contribution in [3.63, 3.8) is 0 Å². The molecule has 138 valence electrons. The molecule has 1 aliphatic rings. The summed E-state index contributed by atoms with van der Waals surface area (Å²) >= 11 is 0. The first-order chi connectivity index (χ1) is 13.3. The van der Waals surface area contributed by atoms with E-state index in [1.54, 1.807) is 0 Å². The van der Waals surface area contributed by atoms with Crippen LogP contribution in [-0.4, -0.2) is 32.9 Å². The molecule has 1 aromatic carbocycles. The number of hydrogen-bond donors (Lipinski definition) is 1. The zero-order chi connectivity index (χ0) is 18.8. The van der Waals surface area contributed by atoms with Crippen molar-refractivity contribution in [3.05, 3.63) is 55.0 Å². The Morgan fingerprint density at radius 2 is 1.78 bits per heavy atom. The van der Waals surface area contributed by atoms with Crippen molar-refractivity contribution in [2.24, 2.45) is 7.05 Å². The fourth-order valence-corrected chi connectivity index (χ4v) is 3.51. The van der Waals surface area contributed by atoms with E-state index in [4.69, 9.17) is 9.84 Å². The van der Waals surface area contributed by atoms with Crippen LogP contribution in [0.25, 0.3) is 32.9 Å². The summed E-state index contributed by atoms with van der Waals surface area (Å²) in [5, 5.41) is 9.42. The lowest BCUT2D eigenvalue weighted by molar-refractivity contribution is 0.114. The van der Waals surface area contributed by atoms with Gasteiger partial charge < -0.3 is 14.4 Å². The molecule has 0 bridgehead atoms. The smallest absolute Gasteiger partial charge is 0.213 e. The van der Waals surface area contributed by atoms with Crippen LogP contribution >= 0.6 is 0 Å². The van der Waals surface area contributed by atoms with Gasteiger partial charge in [0.2, 0.25) is 5.88 Å². The van der Waals surface area contributed by atoms with Crippen molar-refractivity contribution < 1.29 is 9.84 Å². The third-order valence-electron chi connectivity index (χ3n) is 5.22. The Bertz CT molecular complexity index is 1070. The van der Waals surface area contributed by atoms with Gasteiger partial charge in [-0.25, -0.2) is 4.98 Å². The molecule has 0 amide bonds. The first-order valence-electron chi connectivity index (χ1n) is 9.19. The van der Waals surface area contributed by atoms with E-state index in [1.807, 2.05) is 24.7 Å². The van der Waals surface area contributed by atoms with E-state index >= 15 is 0 Å². The quantitative estimate of drug-likeness (QED) is 0.590. The molecule has 27 heavy (non-hydrogen) atoms. The number of aliphatic hydroxyl groups is 1. The van der Waals surface area contributed by atoms with Crippen molar-refractivity contribution in [1.29, 1.82) is 0 Å². The highest BCUT2D eigenvalue weighted by atomic mass is 16.5. The van der Waals surface area contributed by atoms with Crippen LogP contribution in [0.3, 0.4) is 0 Å². The van der Waals surface area contributed by atoms with Gasteiger partial charge in [0, 0.05) is 60.7 Å². The second kappa shape index (κ2) is 7.37. The number of hydrogen-bond acceptors (Lipinski definition) is 4. The maximum atomic E-state index is 7.00. The fraction of sp³-hybridized carbons (Fsp3) is 0.273. The zero-order valence-corrected chi connectivity index (χ0v) is 15.6. The molecule has 4 aromatic rings. The van der Waals surface area contributed by atoms with Crippen molar-refractivity contribution >= 4 is 21.8 Å². The number of fused-ring (bicyclic) bond motifs is 3. The summed E-state index contributed by atoms with van der Waals surface area (Å²) in [6.45, 7) is 0. The minimum atomic E-state index is 0.360. The van der Waals surface area contributed by atoms with Gasteiger partial charge in [-0.3, -0.25) is 4.98 Å². The predicted octanol–water partition coefficient (Wildman–Crippen LogP) is 4.33. The summed E-state index contributed by atoms with van der Waals surface area (Å²) in [6.07, 6.45) is 9.60. The minimum Gasteiger partial charge on any atom is -0.474 e. The van der Waals surface area contributed by atoms with Crippen molar-refractivity contribution in [2.75, 3.05) is 7.11 Å². The number of nitrogens with zero attached hydrogens (tertiary/aromatic N) is 3. The molecule has 3 aromatic heterocycles. The second-order valence-corrected chi connectivity index (χ2v) is 6.74.